The molecule has 3 aromatic rings. The fraction of sp³-hybridized carbons (Fsp3) is 0.353. The Morgan fingerprint density at radius 3 is 2.70 bits per heavy atom. The van der Waals surface area contributed by atoms with Gasteiger partial charge >= 0.3 is 5.69 Å². The number of nitrogens with one attached hydrogen (secondary N) is 2. The Morgan fingerprint density at radius 2 is 2.04 bits per heavy atom. The predicted molar refractivity (Wildman–Crippen MR) is 103 cm³/mol. The molecular formula is C17H20ClN5O4. The first kappa shape index (κ1) is 19.0. The van der Waals surface area contributed by atoms with Gasteiger partial charge in [0.05, 0.1) is 6.54 Å². The third-order valence-electron chi connectivity index (χ3n) is 3.99. The molecule has 0 saturated heterocycles. The van der Waals surface area contributed by atoms with Crippen LogP contribution in [0, 0.1) is 0 Å². The number of aromatic nitrogens is 4. The molecule has 3 N–H and O–H groups in total. The van der Waals surface area contributed by atoms with Crippen molar-refractivity contribution in [1.29, 1.82) is 0 Å². The highest BCUT2D eigenvalue weighted by Crippen LogP contribution is 2.18. The quantitative estimate of drug-likeness (QED) is 0.550. The lowest BCUT2D eigenvalue weighted by atomic mass is 10.3. The maximum atomic E-state index is 12.3. The van der Waals surface area contributed by atoms with E-state index in [0.717, 1.165) is 0 Å². The first-order valence-electron chi connectivity index (χ1n) is 8.40. The number of hydrogen-bond acceptors (Lipinski definition) is 6. The molecule has 0 radical (unpaired) electrons. The van der Waals surface area contributed by atoms with Crippen LogP contribution in [0.1, 0.15) is 6.92 Å². The Balaban J connectivity index is 1.87. The van der Waals surface area contributed by atoms with Crippen LogP contribution in [0.4, 0.5) is 5.95 Å². The van der Waals surface area contributed by atoms with E-state index in [-0.39, 0.29) is 24.3 Å². The number of imidazole rings is 1. The molecule has 144 valence electrons. The lowest BCUT2D eigenvalue weighted by Crippen LogP contribution is -2.31. The fourth-order valence-electron chi connectivity index (χ4n) is 2.69. The first-order chi connectivity index (χ1) is 12.9. The summed E-state index contributed by atoms with van der Waals surface area (Å²) in [5.74, 6) is 0.964. The van der Waals surface area contributed by atoms with Crippen molar-refractivity contribution in [3.05, 3.63) is 50.1 Å². The molecule has 1 atom stereocenters. The maximum absolute atomic E-state index is 12.3. The van der Waals surface area contributed by atoms with Crippen LogP contribution in [0.2, 0.25) is 5.02 Å². The van der Waals surface area contributed by atoms with Crippen molar-refractivity contribution >= 4 is 28.7 Å². The highest BCUT2D eigenvalue weighted by molar-refractivity contribution is 6.30. The molecule has 0 aliphatic heterocycles. The van der Waals surface area contributed by atoms with Crippen LogP contribution >= 0.6 is 11.6 Å². The number of anilines is 1. The van der Waals surface area contributed by atoms with E-state index in [1.807, 2.05) is 6.92 Å². The third-order valence-corrected chi connectivity index (χ3v) is 4.24. The Bertz CT molecular complexity index is 1050. The summed E-state index contributed by atoms with van der Waals surface area (Å²) in [5, 5.41) is 14.0. The van der Waals surface area contributed by atoms with E-state index in [1.54, 1.807) is 28.8 Å². The van der Waals surface area contributed by atoms with Crippen molar-refractivity contribution in [2.75, 3.05) is 18.5 Å². The molecular weight excluding hydrogens is 374 g/mol. The third kappa shape index (κ3) is 3.99. The van der Waals surface area contributed by atoms with Crippen LogP contribution < -0.4 is 21.3 Å². The Labute approximate surface area is 159 Å². The molecule has 0 amide bonds. The SMILES string of the molecule is CCNc1nc2c(c(=O)[nH]c(=O)n2C)n1C[C@@H](O)COc1ccc(Cl)cc1. The van der Waals surface area contributed by atoms with Crippen molar-refractivity contribution in [1.82, 2.24) is 19.1 Å². The van der Waals surface area contributed by atoms with Gasteiger partial charge in [0.2, 0.25) is 5.95 Å². The maximum Gasteiger partial charge on any atom is 0.329 e. The van der Waals surface area contributed by atoms with E-state index in [0.29, 0.717) is 23.3 Å². The molecule has 0 aliphatic rings. The van der Waals surface area contributed by atoms with Gasteiger partial charge in [0.25, 0.3) is 5.56 Å². The molecule has 0 unspecified atom stereocenters. The number of nitrogens with zero attached hydrogens (tertiary/aromatic N) is 3. The number of rotatable bonds is 7. The van der Waals surface area contributed by atoms with Gasteiger partial charge in [-0.1, -0.05) is 11.6 Å². The molecule has 27 heavy (non-hydrogen) atoms. The lowest BCUT2D eigenvalue weighted by molar-refractivity contribution is 0.0938. The van der Waals surface area contributed by atoms with E-state index in [2.05, 4.69) is 15.3 Å². The second kappa shape index (κ2) is 7.85. The highest BCUT2D eigenvalue weighted by Gasteiger charge is 2.19. The van der Waals surface area contributed by atoms with Gasteiger partial charge in [0.1, 0.15) is 18.5 Å². The zero-order chi connectivity index (χ0) is 19.6. The molecule has 2 aromatic heterocycles. The van der Waals surface area contributed by atoms with E-state index in [4.69, 9.17) is 16.3 Å². The van der Waals surface area contributed by atoms with Gasteiger partial charge < -0.3 is 19.7 Å². The molecule has 0 aliphatic carbocycles. The molecule has 3 rings (SSSR count). The lowest BCUT2D eigenvalue weighted by Gasteiger charge is -2.15. The topological polar surface area (TPSA) is 114 Å². The number of aliphatic hydroxyl groups is 1. The van der Waals surface area contributed by atoms with Crippen LogP contribution in [0.5, 0.6) is 5.75 Å². The second-order valence-corrected chi connectivity index (χ2v) is 6.42. The van der Waals surface area contributed by atoms with E-state index in [9.17, 15) is 14.7 Å². The molecule has 0 saturated carbocycles. The Morgan fingerprint density at radius 1 is 1.33 bits per heavy atom. The molecule has 0 fully saturated rings. The zero-order valence-electron chi connectivity index (χ0n) is 14.9. The standard InChI is InChI=1S/C17H20ClN5O4/c1-3-19-16-20-14-13(15(25)21-17(26)22(14)2)23(16)8-11(24)9-27-12-6-4-10(18)5-7-12/h4-7,11,24H,3,8-9H2,1-2H3,(H,19,20)(H,21,25,26)/t11-/m1/s1. The number of fused-ring (bicyclic) bond motifs is 1. The number of H-pyrrole nitrogens is 1. The molecule has 9 nitrogen and oxygen atoms in total. The molecule has 10 heteroatoms. The average molecular weight is 394 g/mol. The molecule has 0 spiro atoms. The number of aryl methyl sites for hydroxylation is 1. The summed E-state index contributed by atoms with van der Waals surface area (Å²) in [6, 6.07) is 6.78. The number of aromatic amines is 1. The summed E-state index contributed by atoms with van der Waals surface area (Å²) < 4.78 is 8.36. The summed E-state index contributed by atoms with van der Waals surface area (Å²) in [6.07, 6.45) is -0.910. The molecule has 2 heterocycles. The van der Waals surface area contributed by atoms with Crippen LogP contribution in [-0.4, -0.2) is 43.5 Å². The normalized spacial score (nSPS) is 12.3. The van der Waals surface area contributed by atoms with Crippen molar-refractivity contribution < 1.29 is 9.84 Å². The van der Waals surface area contributed by atoms with Crippen LogP contribution in [0.25, 0.3) is 11.2 Å². The fourth-order valence-corrected chi connectivity index (χ4v) is 2.82. The van der Waals surface area contributed by atoms with Gasteiger partial charge in [-0.15, -0.1) is 0 Å². The average Bonchev–Trinajstić information content (AvgIpc) is 2.98. The van der Waals surface area contributed by atoms with Crippen LogP contribution in [-0.2, 0) is 13.6 Å². The number of halogens is 1. The summed E-state index contributed by atoms with van der Waals surface area (Å²) >= 11 is 5.83. The Hall–Kier alpha value is -2.78. The van der Waals surface area contributed by atoms with E-state index >= 15 is 0 Å². The molecule has 1 aromatic carbocycles. The van der Waals surface area contributed by atoms with Gasteiger partial charge in [-0.25, -0.2) is 4.79 Å². The minimum Gasteiger partial charge on any atom is -0.491 e. The van der Waals surface area contributed by atoms with Crippen molar-refractivity contribution in [2.24, 2.45) is 7.05 Å². The number of hydrogen-bond donors (Lipinski definition) is 3. The van der Waals surface area contributed by atoms with Crippen molar-refractivity contribution in [3.63, 3.8) is 0 Å². The van der Waals surface area contributed by atoms with Crippen LogP contribution in [0.3, 0.4) is 0 Å². The van der Waals surface area contributed by atoms with E-state index < -0.39 is 17.4 Å². The number of ether oxygens (including phenoxy) is 1. The van der Waals surface area contributed by atoms with Crippen LogP contribution in [0.15, 0.2) is 33.9 Å². The second-order valence-electron chi connectivity index (χ2n) is 5.99. The predicted octanol–water partition coefficient (Wildman–Crippen LogP) is 0.948. The summed E-state index contributed by atoms with van der Waals surface area (Å²) in [6.45, 7) is 2.52. The van der Waals surface area contributed by atoms with Gasteiger partial charge in [-0.3, -0.25) is 14.3 Å². The molecule has 0 bridgehead atoms. The Kier molecular flexibility index (Phi) is 5.52. The van der Waals surface area contributed by atoms with Gasteiger partial charge in [0.15, 0.2) is 11.2 Å². The summed E-state index contributed by atoms with van der Waals surface area (Å²) in [7, 11) is 1.52. The smallest absolute Gasteiger partial charge is 0.329 e. The zero-order valence-corrected chi connectivity index (χ0v) is 15.7. The van der Waals surface area contributed by atoms with E-state index in [1.165, 1.54) is 11.6 Å². The monoisotopic (exact) mass is 393 g/mol. The summed E-state index contributed by atoms with van der Waals surface area (Å²) in [5.41, 5.74) is -0.661. The minimum absolute atomic E-state index is 0.0105. The van der Waals surface area contributed by atoms with Crippen molar-refractivity contribution in [3.8, 4) is 5.75 Å². The first-order valence-corrected chi connectivity index (χ1v) is 8.78. The van der Waals surface area contributed by atoms with Gasteiger partial charge in [0, 0.05) is 18.6 Å². The minimum atomic E-state index is -0.910. The summed E-state index contributed by atoms with van der Waals surface area (Å²) in [4.78, 5) is 30.7. The van der Waals surface area contributed by atoms with Crippen molar-refractivity contribution in [2.45, 2.75) is 19.6 Å². The number of aliphatic hydroxyl groups excluding tert-OH is 1. The largest absolute Gasteiger partial charge is 0.491 e. The highest BCUT2D eigenvalue weighted by atomic mass is 35.5. The number of benzene rings is 1. The van der Waals surface area contributed by atoms with Gasteiger partial charge in [-0.05, 0) is 31.2 Å². The van der Waals surface area contributed by atoms with Gasteiger partial charge in [-0.2, -0.15) is 4.98 Å².